The van der Waals surface area contributed by atoms with Gasteiger partial charge in [-0.2, -0.15) is 0 Å². The molecule has 0 heterocycles. The lowest BCUT2D eigenvalue weighted by Gasteiger charge is -1.96. The van der Waals surface area contributed by atoms with Crippen molar-refractivity contribution < 1.29 is 30.0 Å². The molecule has 0 spiro atoms. The molecule has 2 aromatic carbocycles. The van der Waals surface area contributed by atoms with E-state index >= 15 is 0 Å². The minimum absolute atomic E-state index is 0.137. The molecular weight excluding hydrogens is 264 g/mol. The molecule has 0 fully saturated rings. The minimum Gasteiger partial charge on any atom is -0.508 e. The number of carbonyl (C=O) groups is 2. The number of rotatable bonds is 2. The van der Waals surface area contributed by atoms with Crippen LogP contribution in [0, 0.1) is 0 Å². The molecular formula is C14H12O6. The van der Waals surface area contributed by atoms with Crippen molar-refractivity contribution in [2.75, 3.05) is 0 Å². The average molecular weight is 276 g/mol. The largest absolute Gasteiger partial charge is 0.508 e. The quantitative estimate of drug-likeness (QED) is 0.668. The number of carboxylic acids is 2. The van der Waals surface area contributed by atoms with Gasteiger partial charge in [-0.25, -0.2) is 9.59 Å². The second-order valence-corrected chi connectivity index (χ2v) is 3.71. The number of hydrogen-bond donors (Lipinski definition) is 4. The van der Waals surface area contributed by atoms with Crippen molar-refractivity contribution in [3.8, 4) is 11.5 Å². The van der Waals surface area contributed by atoms with Crippen molar-refractivity contribution >= 4 is 11.9 Å². The van der Waals surface area contributed by atoms with Gasteiger partial charge in [-0.1, -0.05) is 18.2 Å². The predicted octanol–water partition coefficient (Wildman–Crippen LogP) is 2.18. The maximum absolute atomic E-state index is 10.3. The molecule has 0 bridgehead atoms. The Bertz CT molecular complexity index is 586. The maximum Gasteiger partial charge on any atom is 0.335 e. The fourth-order valence-electron chi connectivity index (χ4n) is 1.30. The van der Waals surface area contributed by atoms with E-state index in [0.29, 0.717) is 5.56 Å². The Morgan fingerprint density at radius 2 is 1.15 bits per heavy atom. The first-order chi connectivity index (χ1) is 9.40. The first-order valence-corrected chi connectivity index (χ1v) is 5.45. The molecule has 2 aromatic rings. The van der Waals surface area contributed by atoms with Crippen LogP contribution in [0.3, 0.4) is 0 Å². The Labute approximate surface area is 114 Å². The van der Waals surface area contributed by atoms with Gasteiger partial charge in [-0.05, 0) is 24.3 Å². The lowest BCUT2D eigenvalue weighted by Crippen LogP contribution is -1.94. The topological polar surface area (TPSA) is 115 Å². The number of phenols is 2. The smallest absolute Gasteiger partial charge is 0.335 e. The van der Waals surface area contributed by atoms with E-state index in [4.69, 9.17) is 20.4 Å². The van der Waals surface area contributed by atoms with Gasteiger partial charge in [-0.15, -0.1) is 0 Å². The Morgan fingerprint density at radius 1 is 0.700 bits per heavy atom. The Kier molecular flexibility index (Phi) is 5.11. The normalized spacial score (nSPS) is 9.20. The summed E-state index contributed by atoms with van der Waals surface area (Å²) in [6, 6.07) is 11.5. The average Bonchev–Trinajstić information content (AvgIpc) is 2.39. The first-order valence-electron chi connectivity index (χ1n) is 5.45. The van der Waals surface area contributed by atoms with Crippen LogP contribution in [0.2, 0.25) is 0 Å². The summed E-state index contributed by atoms with van der Waals surface area (Å²) >= 11 is 0. The van der Waals surface area contributed by atoms with Gasteiger partial charge >= 0.3 is 11.9 Å². The first kappa shape index (κ1) is 15.0. The van der Waals surface area contributed by atoms with E-state index in [2.05, 4.69) is 0 Å². The molecule has 0 aliphatic carbocycles. The van der Waals surface area contributed by atoms with E-state index < -0.39 is 11.9 Å². The second-order valence-electron chi connectivity index (χ2n) is 3.71. The number of aromatic carboxylic acids is 2. The van der Waals surface area contributed by atoms with Crippen molar-refractivity contribution in [1.29, 1.82) is 0 Å². The standard InChI is InChI=1S/C7H6O4.C7H6O2/c8-5-1-4(7(10)11)2-6(9)3-5;8-7(9)6-4-2-1-3-5-6/h1-3,8-9H,(H,10,11);1-5H,(H,8,9). The lowest BCUT2D eigenvalue weighted by atomic mass is 10.2. The summed E-state index contributed by atoms with van der Waals surface area (Å²) in [5, 5.41) is 34.4. The SMILES string of the molecule is O=C(O)c1cc(O)cc(O)c1.O=C(O)c1ccccc1. The van der Waals surface area contributed by atoms with Gasteiger partial charge in [0.05, 0.1) is 11.1 Å². The minimum atomic E-state index is -1.18. The highest BCUT2D eigenvalue weighted by Gasteiger charge is 2.04. The molecule has 2 rings (SSSR count). The number of aromatic hydroxyl groups is 2. The monoisotopic (exact) mass is 276 g/mol. The molecule has 0 aliphatic heterocycles. The van der Waals surface area contributed by atoms with Crippen LogP contribution in [0.15, 0.2) is 48.5 Å². The van der Waals surface area contributed by atoms with Gasteiger partial charge in [0.15, 0.2) is 0 Å². The summed E-state index contributed by atoms with van der Waals surface area (Å²) in [7, 11) is 0. The van der Waals surface area contributed by atoms with E-state index in [1.807, 2.05) is 0 Å². The predicted molar refractivity (Wildman–Crippen MR) is 70.1 cm³/mol. The van der Waals surface area contributed by atoms with Crippen LogP contribution < -0.4 is 0 Å². The third-order valence-electron chi connectivity index (χ3n) is 2.17. The van der Waals surface area contributed by atoms with Crippen molar-refractivity contribution in [1.82, 2.24) is 0 Å². The zero-order chi connectivity index (χ0) is 15.1. The fourth-order valence-corrected chi connectivity index (χ4v) is 1.30. The third-order valence-corrected chi connectivity index (χ3v) is 2.17. The van der Waals surface area contributed by atoms with E-state index in [-0.39, 0.29) is 17.1 Å². The van der Waals surface area contributed by atoms with Gasteiger partial charge in [0.2, 0.25) is 0 Å². The van der Waals surface area contributed by atoms with Crippen LogP contribution in [-0.4, -0.2) is 32.4 Å². The second kappa shape index (κ2) is 6.79. The number of carboxylic acid groups (broad SMARTS) is 2. The molecule has 0 unspecified atom stereocenters. The van der Waals surface area contributed by atoms with Crippen LogP contribution in [0.4, 0.5) is 0 Å². The lowest BCUT2D eigenvalue weighted by molar-refractivity contribution is 0.0685. The van der Waals surface area contributed by atoms with Gasteiger partial charge in [0.1, 0.15) is 11.5 Å². The Hall–Kier alpha value is -3.02. The highest BCUT2D eigenvalue weighted by atomic mass is 16.4. The highest BCUT2D eigenvalue weighted by molar-refractivity contribution is 5.88. The van der Waals surface area contributed by atoms with Crippen molar-refractivity contribution in [2.45, 2.75) is 0 Å². The molecule has 0 radical (unpaired) electrons. The summed E-state index contributed by atoms with van der Waals surface area (Å²) < 4.78 is 0. The molecule has 6 nitrogen and oxygen atoms in total. The molecule has 0 saturated heterocycles. The molecule has 4 N–H and O–H groups in total. The van der Waals surface area contributed by atoms with Crippen LogP contribution >= 0.6 is 0 Å². The zero-order valence-corrected chi connectivity index (χ0v) is 10.2. The molecule has 6 heteroatoms. The zero-order valence-electron chi connectivity index (χ0n) is 10.2. The molecule has 0 amide bonds. The molecule has 20 heavy (non-hydrogen) atoms. The Morgan fingerprint density at radius 3 is 1.50 bits per heavy atom. The fraction of sp³-hybridized carbons (Fsp3) is 0. The van der Waals surface area contributed by atoms with Gasteiger partial charge in [-0.3, -0.25) is 0 Å². The van der Waals surface area contributed by atoms with Crippen molar-refractivity contribution in [3.63, 3.8) is 0 Å². The number of hydrogen-bond acceptors (Lipinski definition) is 4. The van der Waals surface area contributed by atoms with Crippen LogP contribution in [-0.2, 0) is 0 Å². The summed E-state index contributed by atoms with van der Waals surface area (Å²) in [5.74, 6) is -2.59. The summed E-state index contributed by atoms with van der Waals surface area (Å²) in [4.78, 5) is 20.5. The van der Waals surface area contributed by atoms with Crippen molar-refractivity contribution in [3.05, 3.63) is 59.7 Å². The van der Waals surface area contributed by atoms with Gasteiger partial charge in [0.25, 0.3) is 0 Å². The molecule has 0 aliphatic rings. The molecule has 104 valence electrons. The van der Waals surface area contributed by atoms with Crippen molar-refractivity contribution in [2.24, 2.45) is 0 Å². The van der Waals surface area contributed by atoms with Crippen LogP contribution in [0.5, 0.6) is 11.5 Å². The molecule has 0 atom stereocenters. The maximum atomic E-state index is 10.3. The molecule has 0 aromatic heterocycles. The van der Waals surface area contributed by atoms with E-state index in [9.17, 15) is 9.59 Å². The number of phenolic OH excluding ortho intramolecular Hbond substituents is 2. The third kappa shape index (κ3) is 4.69. The number of benzene rings is 2. The van der Waals surface area contributed by atoms with Crippen LogP contribution in [0.1, 0.15) is 20.7 Å². The summed E-state index contributed by atoms with van der Waals surface area (Å²) in [5.41, 5.74) is 0.194. The van der Waals surface area contributed by atoms with E-state index in [1.165, 1.54) is 0 Å². The van der Waals surface area contributed by atoms with E-state index in [1.54, 1.807) is 30.3 Å². The summed E-state index contributed by atoms with van der Waals surface area (Å²) in [6.45, 7) is 0. The summed E-state index contributed by atoms with van der Waals surface area (Å²) in [6.07, 6.45) is 0. The highest BCUT2D eigenvalue weighted by Crippen LogP contribution is 2.19. The Balaban J connectivity index is 0.000000204. The van der Waals surface area contributed by atoms with Gasteiger partial charge in [0, 0.05) is 6.07 Å². The van der Waals surface area contributed by atoms with Gasteiger partial charge < -0.3 is 20.4 Å². The molecule has 0 saturated carbocycles. The van der Waals surface area contributed by atoms with E-state index in [0.717, 1.165) is 18.2 Å². The van der Waals surface area contributed by atoms with Crippen LogP contribution in [0.25, 0.3) is 0 Å².